The summed E-state index contributed by atoms with van der Waals surface area (Å²) in [7, 11) is -3.54. The summed E-state index contributed by atoms with van der Waals surface area (Å²) in [6.07, 6.45) is 6.47. The lowest BCUT2D eigenvalue weighted by Crippen LogP contribution is -2.31. The minimum absolute atomic E-state index is 0.0821. The van der Waals surface area contributed by atoms with Crippen LogP contribution in [0.25, 0.3) is 6.08 Å². The molecule has 0 radical (unpaired) electrons. The summed E-state index contributed by atoms with van der Waals surface area (Å²) in [6, 6.07) is 10.8. The van der Waals surface area contributed by atoms with Gasteiger partial charge in [-0.15, -0.1) is 0 Å². The zero-order valence-electron chi connectivity index (χ0n) is 19.1. The van der Waals surface area contributed by atoms with E-state index in [1.54, 1.807) is 18.2 Å². The minimum atomic E-state index is -3.54. The second kappa shape index (κ2) is 10.8. The fourth-order valence-electron chi connectivity index (χ4n) is 3.87. The van der Waals surface area contributed by atoms with Gasteiger partial charge in [-0.2, -0.15) is 4.31 Å². The Morgan fingerprint density at radius 3 is 2.46 bits per heavy atom. The first kappa shape index (κ1) is 24.6. The van der Waals surface area contributed by atoms with Crippen LogP contribution in [0.5, 0.6) is 5.75 Å². The highest BCUT2D eigenvalue weighted by molar-refractivity contribution is 7.89. The minimum Gasteiger partial charge on any atom is -0.482 e. The maximum atomic E-state index is 12.9. The van der Waals surface area contributed by atoms with Crippen molar-refractivity contribution in [1.29, 1.82) is 0 Å². The fourth-order valence-corrected chi connectivity index (χ4v) is 5.39. The van der Waals surface area contributed by atoms with Crippen LogP contribution in [0.1, 0.15) is 41.6 Å². The third-order valence-corrected chi connectivity index (χ3v) is 7.69. The van der Waals surface area contributed by atoms with Crippen molar-refractivity contribution in [2.45, 2.75) is 30.6 Å². The van der Waals surface area contributed by atoms with Gasteiger partial charge in [-0.3, -0.25) is 9.59 Å². The van der Waals surface area contributed by atoms with E-state index in [1.165, 1.54) is 40.7 Å². The molecule has 35 heavy (non-hydrogen) atoms. The molecule has 1 fully saturated rings. The number of hydrogen-bond donors (Lipinski definition) is 1. The van der Waals surface area contributed by atoms with Crippen molar-refractivity contribution >= 4 is 39.4 Å². The van der Waals surface area contributed by atoms with E-state index in [-0.39, 0.29) is 23.0 Å². The Hall–Kier alpha value is -3.50. The van der Waals surface area contributed by atoms with E-state index in [4.69, 9.17) is 9.47 Å². The van der Waals surface area contributed by atoms with Crippen molar-refractivity contribution in [3.8, 4) is 5.75 Å². The molecule has 2 heterocycles. The van der Waals surface area contributed by atoms with Crippen LogP contribution in [-0.4, -0.2) is 56.7 Å². The number of ketones is 1. The van der Waals surface area contributed by atoms with Gasteiger partial charge in [0.05, 0.1) is 10.6 Å². The molecule has 2 aromatic carbocycles. The lowest BCUT2D eigenvalue weighted by Gasteiger charge is -2.19. The number of carbonyl (C=O) groups is 3. The first-order chi connectivity index (χ1) is 16.8. The Labute approximate surface area is 203 Å². The third-order valence-electron chi connectivity index (χ3n) is 5.77. The SMILES string of the molecule is O=C1COc2ccc(C(=O)COC(=O)C=Cc3ccc(S(=O)(=O)N4CCCCCC4)cc3)cc2N1. The monoisotopic (exact) mass is 498 g/mol. The molecule has 0 saturated carbocycles. The lowest BCUT2D eigenvalue weighted by atomic mass is 10.1. The third kappa shape index (κ3) is 6.14. The molecule has 2 aliphatic heterocycles. The van der Waals surface area contributed by atoms with Gasteiger partial charge < -0.3 is 14.8 Å². The maximum absolute atomic E-state index is 12.9. The molecule has 0 unspecified atom stereocenters. The standard InChI is InChI=1S/C25H26N2O7S/c28-22(19-8-11-23-21(15-19)26-24(29)17-33-23)16-34-25(30)12-7-18-5-9-20(10-6-18)35(31,32)27-13-3-1-2-4-14-27/h5-12,15H,1-4,13-14,16-17H2,(H,26,29). The highest BCUT2D eigenvalue weighted by atomic mass is 32.2. The molecule has 184 valence electrons. The summed E-state index contributed by atoms with van der Waals surface area (Å²) in [4.78, 5) is 36.1. The number of Topliss-reactive ketones (excluding diaryl/α,β-unsaturated/α-hetero) is 1. The van der Waals surface area contributed by atoms with E-state index in [0.717, 1.165) is 25.7 Å². The topological polar surface area (TPSA) is 119 Å². The average molecular weight is 499 g/mol. The number of esters is 1. The molecule has 1 N–H and O–H groups in total. The summed E-state index contributed by atoms with van der Waals surface area (Å²) in [5.74, 6) is -0.996. The fraction of sp³-hybridized carbons (Fsp3) is 0.320. The Morgan fingerprint density at radius 2 is 1.74 bits per heavy atom. The van der Waals surface area contributed by atoms with Gasteiger partial charge in [0.2, 0.25) is 10.0 Å². The Kier molecular flexibility index (Phi) is 7.62. The van der Waals surface area contributed by atoms with E-state index in [9.17, 15) is 22.8 Å². The molecule has 0 aliphatic carbocycles. The number of fused-ring (bicyclic) bond motifs is 1. The first-order valence-corrected chi connectivity index (χ1v) is 12.8. The van der Waals surface area contributed by atoms with Gasteiger partial charge in [0.15, 0.2) is 19.0 Å². The molecular formula is C25H26N2O7S. The first-order valence-electron chi connectivity index (χ1n) is 11.4. The number of nitrogens with zero attached hydrogens (tertiary/aromatic N) is 1. The summed E-state index contributed by atoms with van der Waals surface area (Å²) in [5.41, 5.74) is 1.28. The Morgan fingerprint density at radius 1 is 1.03 bits per heavy atom. The van der Waals surface area contributed by atoms with Crippen LogP contribution in [0.4, 0.5) is 5.69 Å². The van der Waals surface area contributed by atoms with Gasteiger partial charge >= 0.3 is 5.97 Å². The van der Waals surface area contributed by atoms with E-state index in [2.05, 4.69) is 5.32 Å². The van der Waals surface area contributed by atoms with Crippen LogP contribution in [0.3, 0.4) is 0 Å². The summed E-state index contributed by atoms with van der Waals surface area (Å²) in [5, 5.41) is 2.62. The molecule has 9 nitrogen and oxygen atoms in total. The molecule has 1 saturated heterocycles. The highest BCUT2D eigenvalue weighted by Crippen LogP contribution is 2.28. The molecule has 1 amide bonds. The van der Waals surface area contributed by atoms with Crippen molar-refractivity contribution in [3.05, 3.63) is 59.7 Å². The number of rotatable bonds is 7. The Bertz CT molecular complexity index is 1250. The predicted octanol–water partition coefficient (Wildman–Crippen LogP) is 3.02. The molecule has 4 rings (SSSR count). The molecule has 0 spiro atoms. The van der Waals surface area contributed by atoms with E-state index in [0.29, 0.717) is 30.1 Å². The van der Waals surface area contributed by atoms with Gasteiger partial charge in [0, 0.05) is 24.7 Å². The van der Waals surface area contributed by atoms with Gasteiger partial charge in [-0.25, -0.2) is 13.2 Å². The highest BCUT2D eigenvalue weighted by Gasteiger charge is 2.25. The van der Waals surface area contributed by atoms with Crippen LogP contribution in [0.15, 0.2) is 53.4 Å². The van der Waals surface area contributed by atoms with E-state index < -0.39 is 28.4 Å². The van der Waals surface area contributed by atoms with Crippen LogP contribution < -0.4 is 10.1 Å². The second-order valence-electron chi connectivity index (χ2n) is 8.30. The zero-order valence-corrected chi connectivity index (χ0v) is 19.9. The predicted molar refractivity (Wildman–Crippen MR) is 129 cm³/mol. The quantitative estimate of drug-likeness (QED) is 0.354. The van der Waals surface area contributed by atoms with Crippen molar-refractivity contribution < 1.29 is 32.3 Å². The zero-order chi connectivity index (χ0) is 24.8. The van der Waals surface area contributed by atoms with Gasteiger partial charge in [0.25, 0.3) is 5.91 Å². The normalized spacial score (nSPS) is 16.6. The number of ether oxygens (including phenoxy) is 2. The number of benzene rings is 2. The second-order valence-corrected chi connectivity index (χ2v) is 10.2. The molecule has 10 heteroatoms. The molecule has 0 atom stereocenters. The van der Waals surface area contributed by atoms with Crippen molar-refractivity contribution in [2.24, 2.45) is 0 Å². The van der Waals surface area contributed by atoms with Crippen LogP contribution in [-0.2, 0) is 24.3 Å². The molecule has 0 bridgehead atoms. The van der Waals surface area contributed by atoms with Gasteiger partial charge in [-0.05, 0) is 54.8 Å². The number of anilines is 1. The number of amides is 1. The Balaban J connectivity index is 1.31. The molecule has 0 aromatic heterocycles. The number of hydrogen-bond acceptors (Lipinski definition) is 7. The maximum Gasteiger partial charge on any atom is 0.331 e. The van der Waals surface area contributed by atoms with Crippen LogP contribution in [0.2, 0.25) is 0 Å². The number of nitrogens with one attached hydrogen (secondary N) is 1. The van der Waals surface area contributed by atoms with Crippen molar-refractivity contribution in [2.75, 3.05) is 31.6 Å². The summed E-state index contributed by atoms with van der Waals surface area (Å²) < 4.78 is 37.5. The number of carbonyl (C=O) groups excluding carboxylic acids is 3. The number of sulfonamides is 1. The van der Waals surface area contributed by atoms with E-state index in [1.807, 2.05) is 0 Å². The van der Waals surface area contributed by atoms with Crippen molar-refractivity contribution in [1.82, 2.24) is 4.31 Å². The van der Waals surface area contributed by atoms with E-state index >= 15 is 0 Å². The summed E-state index contributed by atoms with van der Waals surface area (Å²) in [6.45, 7) is 0.510. The smallest absolute Gasteiger partial charge is 0.331 e. The largest absolute Gasteiger partial charge is 0.482 e. The van der Waals surface area contributed by atoms with Crippen molar-refractivity contribution in [3.63, 3.8) is 0 Å². The molecular weight excluding hydrogens is 472 g/mol. The summed E-state index contributed by atoms with van der Waals surface area (Å²) >= 11 is 0. The van der Waals surface area contributed by atoms with Crippen LogP contribution >= 0.6 is 0 Å². The molecule has 2 aromatic rings. The molecule has 2 aliphatic rings. The van der Waals surface area contributed by atoms with Gasteiger partial charge in [-0.1, -0.05) is 25.0 Å². The average Bonchev–Trinajstić information content (AvgIpc) is 3.16. The van der Waals surface area contributed by atoms with Gasteiger partial charge in [0.1, 0.15) is 5.75 Å². The lowest BCUT2D eigenvalue weighted by molar-refractivity contribution is -0.136. The van der Waals surface area contributed by atoms with Crippen LogP contribution in [0, 0.1) is 0 Å².